The number of hydrogen-bond acceptors (Lipinski definition) is 3. The monoisotopic (exact) mass is 348 g/mol. The first-order valence-electron chi connectivity index (χ1n) is 9.84. The average Bonchev–Trinajstić information content (AvgIpc) is 2.96. The van der Waals surface area contributed by atoms with Crippen LogP contribution in [-0.2, 0) is 9.59 Å². The lowest BCUT2D eigenvalue weighted by atomic mass is 9.84. The van der Waals surface area contributed by atoms with Gasteiger partial charge in [0, 0.05) is 18.8 Å². The number of ketones is 1. The summed E-state index contributed by atoms with van der Waals surface area (Å²) >= 11 is 0. The number of hydrogen-bond donors (Lipinski definition) is 2. The molecule has 3 atom stereocenters. The SMILES string of the molecule is O=C(O)CC/C=C\CCC1C(=O)CCC1/C=C/C(O)C1CCCCC1. The van der Waals surface area contributed by atoms with Crippen LogP contribution in [0.1, 0.15) is 70.6 Å². The molecule has 2 aliphatic carbocycles. The second-order valence-corrected chi connectivity index (χ2v) is 7.53. The Morgan fingerprint density at radius 3 is 2.56 bits per heavy atom. The number of carboxylic acid groups (broad SMARTS) is 1. The van der Waals surface area contributed by atoms with Gasteiger partial charge in [-0.25, -0.2) is 0 Å². The van der Waals surface area contributed by atoms with Gasteiger partial charge in [-0.15, -0.1) is 0 Å². The van der Waals surface area contributed by atoms with Crippen LogP contribution in [0.3, 0.4) is 0 Å². The van der Waals surface area contributed by atoms with E-state index in [1.807, 2.05) is 18.2 Å². The van der Waals surface area contributed by atoms with Gasteiger partial charge in [-0.2, -0.15) is 0 Å². The van der Waals surface area contributed by atoms with Gasteiger partial charge in [0.15, 0.2) is 0 Å². The summed E-state index contributed by atoms with van der Waals surface area (Å²) in [7, 11) is 0. The zero-order valence-corrected chi connectivity index (χ0v) is 15.1. The van der Waals surface area contributed by atoms with Crippen LogP contribution in [0, 0.1) is 17.8 Å². The molecule has 2 aliphatic rings. The summed E-state index contributed by atoms with van der Waals surface area (Å²) in [4.78, 5) is 22.6. The number of aliphatic hydroxyl groups is 1. The summed E-state index contributed by atoms with van der Waals surface area (Å²) < 4.78 is 0. The van der Waals surface area contributed by atoms with Gasteiger partial charge in [0.1, 0.15) is 5.78 Å². The van der Waals surface area contributed by atoms with Gasteiger partial charge in [-0.1, -0.05) is 43.6 Å². The fraction of sp³-hybridized carbons (Fsp3) is 0.714. The molecule has 4 nitrogen and oxygen atoms in total. The summed E-state index contributed by atoms with van der Waals surface area (Å²) in [5.74, 6) is 0.243. The van der Waals surface area contributed by atoms with E-state index >= 15 is 0 Å². The van der Waals surface area contributed by atoms with Crippen molar-refractivity contribution in [3.63, 3.8) is 0 Å². The zero-order valence-electron chi connectivity index (χ0n) is 15.1. The van der Waals surface area contributed by atoms with E-state index in [9.17, 15) is 14.7 Å². The van der Waals surface area contributed by atoms with Crippen molar-refractivity contribution >= 4 is 11.8 Å². The second-order valence-electron chi connectivity index (χ2n) is 7.53. The van der Waals surface area contributed by atoms with E-state index in [1.165, 1.54) is 19.3 Å². The quantitative estimate of drug-likeness (QED) is 0.610. The van der Waals surface area contributed by atoms with Crippen molar-refractivity contribution in [3.05, 3.63) is 24.3 Å². The Morgan fingerprint density at radius 1 is 1.12 bits per heavy atom. The summed E-state index contributed by atoms with van der Waals surface area (Å²) in [5, 5.41) is 19.0. The molecule has 140 valence electrons. The first-order valence-corrected chi connectivity index (χ1v) is 9.84. The highest BCUT2D eigenvalue weighted by Gasteiger charge is 2.32. The van der Waals surface area contributed by atoms with Crippen molar-refractivity contribution < 1.29 is 19.8 Å². The number of Topliss-reactive ketones (excluding diaryl/α,β-unsaturated/α-hetero) is 1. The number of aliphatic hydroxyl groups excluding tert-OH is 1. The third kappa shape index (κ3) is 6.77. The molecule has 0 radical (unpaired) electrons. The van der Waals surface area contributed by atoms with Crippen LogP contribution >= 0.6 is 0 Å². The van der Waals surface area contributed by atoms with E-state index in [4.69, 9.17) is 5.11 Å². The molecule has 0 aromatic heterocycles. The lowest BCUT2D eigenvalue weighted by Crippen LogP contribution is -2.21. The van der Waals surface area contributed by atoms with Crippen LogP contribution < -0.4 is 0 Å². The fourth-order valence-corrected chi connectivity index (χ4v) is 4.15. The lowest BCUT2D eigenvalue weighted by Gasteiger charge is -2.25. The number of carbonyl (C=O) groups excluding carboxylic acids is 1. The minimum Gasteiger partial charge on any atom is -0.481 e. The highest BCUT2D eigenvalue weighted by Crippen LogP contribution is 2.34. The van der Waals surface area contributed by atoms with Crippen LogP contribution in [0.5, 0.6) is 0 Å². The van der Waals surface area contributed by atoms with E-state index in [0.717, 1.165) is 32.1 Å². The molecule has 0 amide bonds. The van der Waals surface area contributed by atoms with Crippen molar-refractivity contribution in [2.45, 2.75) is 76.7 Å². The normalized spacial score (nSPS) is 26.7. The van der Waals surface area contributed by atoms with Crippen molar-refractivity contribution in [3.8, 4) is 0 Å². The molecule has 2 saturated carbocycles. The molecule has 0 saturated heterocycles. The van der Waals surface area contributed by atoms with Crippen molar-refractivity contribution in [1.82, 2.24) is 0 Å². The maximum Gasteiger partial charge on any atom is 0.303 e. The highest BCUT2D eigenvalue weighted by atomic mass is 16.4. The molecule has 0 heterocycles. The van der Waals surface area contributed by atoms with Crippen molar-refractivity contribution in [2.75, 3.05) is 0 Å². The maximum atomic E-state index is 12.1. The zero-order chi connectivity index (χ0) is 18.1. The van der Waals surface area contributed by atoms with E-state index in [0.29, 0.717) is 24.5 Å². The predicted octanol–water partition coefficient (Wildman–Crippen LogP) is 4.28. The first kappa shape index (κ1) is 19.9. The second kappa shape index (κ2) is 10.5. The molecule has 2 fully saturated rings. The Kier molecular flexibility index (Phi) is 8.39. The van der Waals surface area contributed by atoms with Gasteiger partial charge < -0.3 is 10.2 Å². The maximum absolute atomic E-state index is 12.1. The molecular weight excluding hydrogens is 316 g/mol. The Bertz CT molecular complexity index is 488. The molecule has 0 aromatic carbocycles. The molecule has 2 N–H and O–H groups in total. The number of carbonyl (C=O) groups is 2. The van der Waals surface area contributed by atoms with Crippen molar-refractivity contribution in [1.29, 1.82) is 0 Å². The van der Waals surface area contributed by atoms with E-state index in [-0.39, 0.29) is 24.4 Å². The number of aliphatic carboxylic acids is 1. The minimum atomic E-state index is -0.780. The van der Waals surface area contributed by atoms with Gasteiger partial charge in [0.05, 0.1) is 6.10 Å². The van der Waals surface area contributed by atoms with E-state index < -0.39 is 5.97 Å². The Balaban J connectivity index is 1.77. The van der Waals surface area contributed by atoms with Gasteiger partial charge in [-0.05, 0) is 50.4 Å². The highest BCUT2D eigenvalue weighted by molar-refractivity contribution is 5.83. The number of carboxylic acids is 1. The van der Waals surface area contributed by atoms with Gasteiger partial charge >= 0.3 is 5.97 Å². The molecule has 0 spiro atoms. The Labute approximate surface area is 151 Å². The summed E-state index contributed by atoms with van der Waals surface area (Å²) in [6.45, 7) is 0. The molecular formula is C21H32O4. The minimum absolute atomic E-state index is 0.0546. The van der Waals surface area contributed by atoms with E-state index in [1.54, 1.807) is 0 Å². The van der Waals surface area contributed by atoms with Gasteiger partial charge in [0.25, 0.3) is 0 Å². The molecule has 2 rings (SSSR count). The largest absolute Gasteiger partial charge is 0.481 e. The smallest absolute Gasteiger partial charge is 0.303 e. The van der Waals surface area contributed by atoms with Crippen LogP contribution in [0.15, 0.2) is 24.3 Å². The van der Waals surface area contributed by atoms with Gasteiger partial charge in [-0.3, -0.25) is 9.59 Å². The van der Waals surface area contributed by atoms with E-state index in [2.05, 4.69) is 6.08 Å². The first-order chi connectivity index (χ1) is 12.1. The topological polar surface area (TPSA) is 74.6 Å². The fourth-order valence-electron chi connectivity index (χ4n) is 4.15. The van der Waals surface area contributed by atoms with Crippen molar-refractivity contribution in [2.24, 2.45) is 17.8 Å². The van der Waals surface area contributed by atoms with Crippen LogP contribution in [0.4, 0.5) is 0 Å². The standard InChI is InChI=1S/C21H32O4/c22-19(17-8-4-3-5-9-17)14-12-16-13-15-20(23)18(16)10-6-1-2-7-11-21(24)25/h1-2,12,14,16-19,22H,3-11,13,15H2,(H,24,25)/b2-1-,14-12+. The van der Waals surface area contributed by atoms with Crippen LogP contribution in [-0.4, -0.2) is 28.1 Å². The van der Waals surface area contributed by atoms with Gasteiger partial charge in [0.2, 0.25) is 0 Å². The Morgan fingerprint density at radius 2 is 1.84 bits per heavy atom. The summed E-state index contributed by atoms with van der Waals surface area (Å²) in [6, 6.07) is 0. The third-order valence-corrected chi connectivity index (χ3v) is 5.68. The average molecular weight is 348 g/mol. The molecule has 3 unspecified atom stereocenters. The summed E-state index contributed by atoms with van der Waals surface area (Å²) in [6.07, 6.45) is 17.3. The third-order valence-electron chi connectivity index (χ3n) is 5.68. The van der Waals surface area contributed by atoms with Crippen LogP contribution in [0.2, 0.25) is 0 Å². The molecule has 25 heavy (non-hydrogen) atoms. The predicted molar refractivity (Wildman–Crippen MR) is 98.2 cm³/mol. The molecule has 0 bridgehead atoms. The van der Waals surface area contributed by atoms with Crippen LogP contribution in [0.25, 0.3) is 0 Å². The Hall–Kier alpha value is -1.42. The summed E-state index contributed by atoms with van der Waals surface area (Å²) in [5.41, 5.74) is 0. The molecule has 0 aromatic rings. The number of allylic oxidation sites excluding steroid dienone is 3. The number of rotatable bonds is 9. The molecule has 0 aliphatic heterocycles. The molecule has 4 heteroatoms. The lowest BCUT2D eigenvalue weighted by molar-refractivity contribution is -0.136.